The lowest BCUT2D eigenvalue weighted by Gasteiger charge is -2.24. The van der Waals surface area contributed by atoms with Gasteiger partial charge in [-0.15, -0.1) is 4.73 Å². The van der Waals surface area contributed by atoms with Gasteiger partial charge < -0.3 is 24.4 Å². The molecule has 0 aliphatic rings. The van der Waals surface area contributed by atoms with Crippen molar-refractivity contribution in [3.05, 3.63) is 54.9 Å². The number of fused-ring (bicyclic) bond motifs is 1. The largest absolute Gasteiger partial charge is 0.492 e. The van der Waals surface area contributed by atoms with Crippen LogP contribution in [0.25, 0.3) is 22.6 Å². The summed E-state index contributed by atoms with van der Waals surface area (Å²) >= 11 is 0. The third kappa shape index (κ3) is 10.4. The van der Waals surface area contributed by atoms with E-state index in [1.54, 1.807) is 23.1 Å². The molecule has 1 aromatic carbocycles. The Morgan fingerprint density at radius 2 is 1.49 bits per heavy atom. The van der Waals surface area contributed by atoms with Crippen molar-refractivity contribution in [3.8, 4) is 23.2 Å². The number of rotatable bonds is 17. The fourth-order valence-corrected chi connectivity index (χ4v) is 5.60. The van der Waals surface area contributed by atoms with Gasteiger partial charge in [-0.05, 0) is 37.8 Å². The molecule has 0 atom stereocenters. The summed E-state index contributed by atoms with van der Waals surface area (Å²) in [5.74, 6) is -1.82. The first-order valence-corrected chi connectivity index (χ1v) is 17.4. The zero-order chi connectivity index (χ0) is 32.6. The number of benzene rings is 1. The lowest BCUT2D eigenvalue weighted by atomic mass is 10.2. The minimum Gasteiger partial charge on any atom is -0.492 e. The molecule has 3 heterocycles. The summed E-state index contributed by atoms with van der Waals surface area (Å²) in [5.41, 5.74) is 2.43. The second-order valence-corrected chi connectivity index (χ2v) is 13.5. The predicted octanol–water partition coefficient (Wildman–Crippen LogP) is 2.57. The van der Waals surface area contributed by atoms with Gasteiger partial charge in [0.2, 0.25) is 17.7 Å². The number of aryl methyl sites for hydroxylation is 1. The molecule has 4 aromatic rings. The molecule has 0 unspecified atom stereocenters. The Hall–Kier alpha value is -4.19. The number of hydrogen-bond acceptors (Lipinski definition) is 11. The molecule has 45 heavy (non-hydrogen) atoms. The average molecular weight is 668 g/mol. The van der Waals surface area contributed by atoms with E-state index >= 15 is 0 Å². The number of oxazole rings is 1. The molecule has 0 aliphatic heterocycles. The quantitative estimate of drug-likeness (QED) is 0.0725. The Kier molecular flexibility index (Phi) is 11.0. The van der Waals surface area contributed by atoms with Gasteiger partial charge in [0, 0.05) is 67.5 Å². The first-order valence-electron chi connectivity index (χ1n) is 14.1. The first-order chi connectivity index (χ1) is 21.3. The molecule has 0 fully saturated rings. The van der Waals surface area contributed by atoms with Gasteiger partial charge >= 0.3 is 5.97 Å². The lowest BCUT2D eigenvalue weighted by Crippen LogP contribution is -2.32. The lowest BCUT2D eigenvalue weighted by molar-refractivity contribution is -0.697. The van der Waals surface area contributed by atoms with Crippen molar-refractivity contribution < 1.29 is 54.8 Å². The molecular formula is C28H35N4O11S2+. The monoisotopic (exact) mass is 667 g/mol. The zero-order valence-corrected chi connectivity index (χ0v) is 25.9. The van der Waals surface area contributed by atoms with Gasteiger partial charge in [0.05, 0.1) is 11.5 Å². The number of unbranched alkanes of at least 4 members (excludes halogenated alkanes) is 2. The summed E-state index contributed by atoms with van der Waals surface area (Å²) in [6.45, 7) is 1.13. The van der Waals surface area contributed by atoms with Crippen LogP contribution in [0.4, 0.5) is 5.69 Å². The molecular weight excluding hydrogens is 632 g/mol. The maximum Gasteiger partial charge on any atom is 0.333 e. The molecule has 0 saturated heterocycles. The molecule has 0 saturated carbocycles. The molecule has 0 bridgehead atoms. The van der Waals surface area contributed by atoms with Gasteiger partial charge in [-0.25, -0.2) is 14.3 Å². The topological polar surface area (TPSA) is 214 Å². The van der Waals surface area contributed by atoms with Crippen molar-refractivity contribution in [1.82, 2.24) is 9.71 Å². The number of anilines is 1. The van der Waals surface area contributed by atoms with E-state index in [-0.39, 0.29) is 44.1 Å². The van der Waals surface area contributed by atoms with Gasteiger partial charge in [0.1, 0.15) is 12.1 Å². The van der Waals surface area contributed by atoms with Gasteiger partial charge in [-0.3, -0.25) is 9.11 Å². The number of nitrogens with zero attached hydrogens (tertiary/aromatic N) is 4. The summed E-state index contributed by atoms with van der Waals surface area (Å²) in [5, 5.41) is 19.1. The Morgan fingerprint density at radius 1 is 0.867 bits per heavy atom. The maximum absolute atomic E-state index is 11.9. The van der Waals surface area contributed by atoms with E-state index in [0.717, 1.165) is 18.4 Å². The zero-order valence-electron chi connectivity index (χ0n) is 24.2. The highest BCUT2D eigenvalue weighted by Crippen LogP contribution is 2.28. The molecule has 0 amide bonds. The molecule has 0 radical (unpaired) electrons. The van der Waals surface area contributed by atoms with E-state index in [2.05, 4.69) is 4.98 Å². The molecule has 17 heteroatoms. The highest BCUT2D eigenvalue weighted by Gasteiger charge is 2.16. The summed E-state index contributed by atoms with van der Waals surface area (Å²) in [6.07, 6.45) is 6.23. The van der Waals surface area contributed by atoms with E-state index in [9.17, 15) is 31.8 Å². The summed E-state index contributed by atoms with van der Waals surface area (Å²) in [6, 6.07) is 11.3. The molecule has 4 N–H and O–H groups in total. The van der Waals surface area contributed by atoms with Crippen LogP contribution in [0.1, 0.15) is 38.5 Å². The van der Waals surface area contributed by atoms with Gasteiger partial charge in [-0.1, -0.05) is 0 Å². The van der Waals surface area contributed by atoms with Crippen LogP contribution < -0.4 is 14.3 Å². The van der Waals surface area contributed by atoms with Crippen LogP contribution in [0.3, 0.4) is 0 Å². The van der Waals surface area contributed by atoms with E-state index in [1.807, 2.05) is 29.1 Å². The van der Waals surface area contributed by atoms with Crippen LogP contribution in [-0.2, 0) is 31.6 Å². The van der Waals surface area contributed by atoms with Crippen LogP contribution in [0.15, 0.2) is 59.3 Å². The SMILES string of the molecule is O=C(CCCCC[n+]1ccc(-c2nc3ccc(N(CCCS(=O)(=O)O)CCCS(=O)(=O)O)cc3o2)cc1)On1c(O)ccc1O. The number of aromatic hydroxyl groups is 2. The summed E-state index contributed by atoms with van der Waals surface area (Å²) in [4.78, 5) is 23.2. The third-order valence-electron chi connectivity index (χ3n) is 6.82. The highest BCUT2D eigenvalue weighted by atomic mass is 32.2. The molecule has 4 rings (SSSR count). The smallest absolute Gasteiger partial charge is 0.333 e. The third-order valence-corrected chi connectivity index (χ3v) is 8.43. The number of pyridine rings is 1. The number of carbonyl (C=O) groups is 1. The average Bonchev–Trinajstić information content (AvgIpc) is 3.53. The Balaban J connectivity index is 1.32. The van der Waals surface area contributed by atoms with Crippen LogP contribution in [0.2, 0.25) is 0 Å². The Labute approximate surface area is 259 Å². The number of hydrogen-bond donors (Lipinski definition) is 4. The van der Waals surface area contributed by atoms with Crippen LogP contribution in [0.5, 0.6) is 11.8 Å². The van der Waals surface area contributed by atoms with Crippen molar-refractivity contribution in [2.24, 2.45) is 0 Å². The van der Waals surface area contributed by atoms with Crippen molar-refractivity contribution in [2.45, 2.75) is 45.1 Å². The Morgan fingerprint density at radius 3 is 2.09 bits per heavy atom. The second kappa shape index (κ2) is 14.7. The van der Waals surface area contributed by atoms with Gasteiger partial charge in [0.15, 0.2) is 18.0 Å². The molecule has 244 valence electrons. The fourth-order valence-electron chi connectivity index (χ4n) is 4.61. The maximum atomic E-state index is 11.9. The van der Waals surface area contributed by atoms with E-state index in [4.69, 9.17) is 18.4 Å². The van der Waals surface area contributed by atoms with Crippen molar-refractivity contribution in [3.63, 3.8) is 0 Å². The van der Waals surface area contributed by atoms with Crippen molar-refractivity contribution in [1.29, 1.82) is 0 Å². The first kappa shape index (κ1) is 33.7. The number of carbonyl (C=O) groups excluding carboxylic acids is 1. The number of aromatic nitrogens is 3. The minimum atomic E-state index is -4.16. The van der Waals surface area contributed by atoms with Crippen LogP contribution in [-0.4, -0.2) is 76.4 Å². The highest BCUT2D eigenvalue weighted by molar-refractivity contribution is 7.86. The van der Waals surface area contributed by atoms with Crippen molar-refractivity contribution in [2.75, 3.05) is 29.5 Å². The summed E-state index contributed by atoms with van der Waals surface area (Å²) < 4.78 is 71.4. The van der Waals surface area contributed by atoms with Gasteiger partial charge in [-0.2, -0.15) is 16.8 Å². The minimum absolute atomic E-state index is 0.103. The van der Waals surface area contributed by atoms with E-state index in [1.165, 1.54) is 12.1 Å². The fraction of sp³-hybridized carbons (Fsp3) is 0.393. The van der Waals surface area contributed by atoms with Crippen LogP contribution in [0, 0.1) is 0 Å². The molecule has 15 nitrogen and oxygen atoms in total. The Bertz CT molecular complexity index is 1760. The van der Waals surface area contributed by atoms with Crippen molar-refractivity contribution >= 4 is 43.0 Å². The summed E-state index contributed by atoms with van der Waals surface area (Å²) in [7, 11) is -8.31. The van der Waals surface area contributed by atoms with E-state index in [0.29, 0.717) is 40.4 Å². The normalized spacial score (nSPS) is 12.0. The second-order valence-electron chi connectivity index (χ2n) is 10.4. The van der Waals surface area contributed by atoms with Crippen LogP contribution >= 0.6 is 0 Å². The van der Waals surface area contributed by atoms with E-state index < -0.39 is 37.7 Å². The molecule has 3 aromatic heterocycles. The molecule has 0 spiro atoms. The van der Waals surface area contributed by atoms with Gasteiger partial charge in [0.25, 0.3) is 20.2 Å². The molecule has 0 aliphatic carbocycles. The standard InChI is InChI=1S/C28H34N4O11S2/c33-25-9-10-26(34)32(25)43-27(35)6-2-1-3-13-30-16-11-21(12-17-30)28-29-23-8-7-22(20-24(23)42-28)31(14-4-18-44(36,37)38)15-5-19-45(39,40)41/h7-12,16-17,20,29H,1-6,13-15,18-19H2,(H2,36,37,38,39,40,41)/p+1. The predicted molar refractivity (Wildman–Crippen MR) is 162 cm³/mol.